The second kappa shape index (κ2) is 6.87. The second-order valence-electron chi connectivity index (χ2n) is 6.13. The summed E-state index contributed by atoms with van der Waals surface area (Å²) in [6.07, 6.45) is 4.69. The maximum absolute atomic E-state index is 12.5. The monoisotopic (exact) mass is 372 g/mol. The van der Waals surface area contributed by atoms with E-state index in [2.05, 4.69) is 10.3 Å². The fraction of sp³-hybridized carbons (Fsp3) is 0.333. The number of hydrogen-bond donors (Lipinski definition) is 1. The number of nitrogens with zero attached hydrogens (tertiary/aromatic N) is 3. The summed E-state index contributed by atoms with van der Waals surface area (Å²) in [4.78, 5) is 19.8. The number of ether oxygens (including phenoxy) is 2. The third-order valence-corrected chi connectivity index (χ3v) is 5.34. The van der Waals surface area contributed by atoms with Crippen LogP contribution in [-0.4, -0.2) is 41.1 Å². The molecule has 3 heterocycles. The van der Waals surface area contributed by atoms with Crippen molar-refractivity contribution in [2.75, 3.05) is 20.8 Å². The average Bonchev–Trinajstić information content (AvgIpc) is 3.26. The Morgan fingerprint density at radius 3 is 2.77 bits per heavy atom. The number of aromatic nitrogens is 2. The van der Waals surface area contributed by atoms with Crippen molar-refractivity contribution in [1.29, 1.82) is 0 Å². The molecular weight excluding hydrogens is 352 g/mol. The zero-order valence-electron chi connectivity index (χ0n) is 14.7. The molecule has 7 nitrogen and oxygen atoms in total. The van der Waals surface area contributed by atoms with E-state index in [-0.39, 0.29) is 6.03 Å². The molecule has 1 aromatic carbocycles. The van der Waals surface area contributed by atoms with Gasteiger partial charge in [0.05, 0.1) is 26.5 Å². The normalized spacial score (nSPS) is 13.5. The molecule has 0 fully saturated rings. The number of carbonyl (C=O) groups excluding carboxylic acids is 1. The Kier molecular flexibility index (Phi) is 4.42. The van der Waals surface area contributed by atoms with Gasteiger partial charge in [-0.3, -0.25) is 4.40 Å². The molecule has 136 valence electrons. The van der Waals surface area contributed by atoms with Crippen LogP contribution < -0.4 is 14.8 Å². The minimum Gasteiger partial charge on any atom is -0.493 e. The van der Waals surface area contributed by atoms with Gasteiger partial charge in [-0.15, -0.1) is 11.3 Å². The molecule has 0 aliphatic carbocycles. The summed E-state index contributed by atoms with van der Waals surface area (Å²) in [6, 6.07) is 3.88. The molecular formula is C18H20N4O3S. The predicted octanol–water partition coefficient (Wildman–Crippen LogP) is 2.68. The SMILES string of the molecule is COc1cc2c(cc1OC)CN(C(=O)NCc1cn3ccsc3n1)CC2. The highest BCUT2D eigenvalue weighted by molar-refractivity contribution is 7.15. The summed E-state index contributed by atoms with van der Waals surface area (Å²) in [5, 5.41) is 4.95. The fourth-order valence-electron chi connectivity index (χ4n) is 3.20. The summed E-state index contributed by atoms with van der Waals surface area (Å²) in [5.74, 6) is 1.41. The first-order valence-electron chi connectivity index (χ1n) is 8.35. The summed E-state index contributed by atoms with van der Waals surface area (Å²) in [5.41, 5.74) is 3.14. The van der Waals surface area contributed by atoms with Crippen LogP contribution in [0.1, 0.15) is 16.8 Å². The van der Waals surface area contributed by atoms with Crippen LogP contribution in [0, 0.1) is 0 Å². The average molecular weight is 372 g/mol. The van der Waals surface area contributed by atoms with E-state index in [1.807, 2.05) is 39.2 Å². The number of imidazole rings is 1. The molecule has 2 aromatic heterocycles. The van der Waals surface area contributed by atoms with E-state index < -0.39 is 0 Å². The first-order valence-corrected chi connectivity index (χ1v) is 9.23. The molecule has 4 rings (SSSR count). The van der Waals surface area contributed by atoms with Crippen LogP contribution in [0.2, 0.25) is 0 Å². The Hall–Kier alpha value is -2.74. The molecule has 26 heavy (non-hydrogen) atoms. The number of urea groups is 1. The van der Waals surface area contributed by atoms with Crippen molar-refractivity contribution in [2.45, 2.75) is 19.5 Å². The van der Waals surface area contributed by atoms with Gasteiger partial charge in [0.15, 0.2) is 16.5 Å². The Labute approximate surface area is 155 Å². The fourth-order valence-corrected chi connectivity index (χ4v) is 3.91. The molecule has 1 aliphatic rings. The molecule has 0 saturated heterocycles. The number of nitrogens with one attached hydrogen (secondary N) is 1. The largest absolute Gasteiger partial charge is 0.493 e. The summed E-state index contributed by atoms with van der Waals surface area (Å²) in [6.45, 7) is 1.65. The van der Waals surface area contributed by atoms with E-state index >= 15 is 0 Å². The molecule has 0 radical (unpaired) electrons. The predicted molar refractivity (Wildman–Crippen MR) is 99.0 cm³/mol. The van der Waals surface area contributed by atoms with E-state index in [9.17, 15) is 4.79 Å². The molecule has 1 N–H and O–H groups in total. The molecule has 0 atom stereocenters. The number of thiazole rings is 1. The quantitative estimate of drug-likeness (QED) is 0.765. The van der Waals surface area contributed by atoms with Crippen LogP contribution in [-0.2, 0) is 19.5 Å². The third kappa shape index (κ3) is 3.08. The molecule has 0 unspecified atom stereocenters. The lowest BCUT2D eigenvalue weighted by Crippen LogP contribution is -2.42. The van der Waals surface area contributed by atoms with Crippen LogP contribution in [0.3, 0.4) is 0 Å². The number of methoxy groups -OCH3 is 2. The van der Waals surface area contributed by atoms with Crippen molar-refractivity contribution >= 4 is 22.3 Å². The Bertz CT molecular complexity index is 921. The smallest absolute Gasteiger partial charge is 0.318 e. The van der Waals surface area contributed by atoms with E-state index in [0.717, 1.165) is 28.4 Å². The third-order valence-electron chi connectivity index (χ3n) is 4.57. The highest BCUT2D eigenvalue weighted by atomic mass is 32.1. The maximum Gasteiger partial charge on any atom is 0.318 e. The molecule has 0 saturated carbocycles. The van der Waals surface area contributed by atoms with E-state index in [4.69, 9.17) is 9.47 Å². The lowest BCUT2D eigenvalue weighted by Gasteiger charge is -2.29. The maximum atomic E-state index is 12.5. The highest BCUT2D eigenvalue weighted by Crippen LogP contribution is 2.33. The number of hydrogen-bond acceptors (Lipinski definition) is 5. The molecule has 2 amide bonds. The van der Waals surface area contributed by atoms with Crippen molar-refractivity contribution < 1.29 is 14.3 Å². The first kappa shape index (κ1) is 16.7. The van der Waals surface area contributed by atoms with Crippen molar-refractivity contribution in [1.82, 2.24) is 19.6 Å². The van der Waals surface area contributed by atoms with Crippen molar-refractivity contribution in [3.63, 3.8) is 0 Å². The van der Waals surface area contributed by atoms with E-state index in [1.54, 1.807) is 25.6 Å². The van der Waals surface area contributed by atoms with Crippen LogP contribution in [0.15, 0.2) is 29.9 Å². The minimum atomic E-state index is -0.0817. The van der Waals surface area contributed by atoms with E-state index in [1.165, 1.54) is 5.56 Å². The zero-order chi connectivity index (χ0) is 18.1. The Morgan fingerprint density at radius 1 is 1.27 bits per heavy atom. The summed E-state index contributed by atoms with van der Waals surface area (Å²) in [7, 11) is 3.25. The van der Waals surface area contributed by atoms with Crippen molar-refractivity contribution in [3.8, 4) is 11.5 Å². The minimum absolute atomic E-state index is 0.0817. The molecule has 0 bridgehead atoms. The molecule has 8 heteroatoms. The number of rotatable bonds is 4. The Morgan fingerprint density at radius 2 is 2.04 bits per heavy atom. The number of carbonyl (C=O) groups is 1. The standard InChI is InChI=1S/C18H20N4O3S/c1-24-15-7-12-3-4-21(10-13(12)8-16(15)25-2)17(23)19-9-14-11-22-5-6-26-18(22)20-14/h5-8,11H,3-4,9-10H2,1-2H3,(H,19,23). The number of benzene rings is 1. The lowest BCUT2D eigenvalue weighted by atomic mass is 9.99. The first-order chi connectivity index (χ1) is 12.7. The highest BCUT2D eigenvalue weighted by Gasteiger charge is 2.22. The topological polar surface area (TPSA) is 68.1 Å². The van der Waals surface area contributed by atoms with Crippen LogP contribution in [0.25, 0.3) is 4.96 Å². The van der Waals surface area contributed by atoms with Crippen LogP contribution in [0.4, 0.5) is 4.79 Å². The van der Waals surface area contributed by atoms with Crippen LogP contribution in [0.5, 0.6) is 11.5 Å². The van der Waals surface area contributed by atoms with Gasteiger partial charge >= 0.3 is 6.03 Å². The van der Waals surface area contributed by atoms with Gasteiger partial charge in [-0.05, 0) is 29.7 Å². The number of amides is 2. The van der Waals surface area contributed by atoms with Gasteiger partial charge in [0.2, 0.25) is 0 Å². The van der Waals surface area contributed by atoms with Gasteiger partial charge in [-0.2, -0.15) is 0 Å². The zero-order valence-corrected chi connectivity index (χ0v) is 15.5. The van der Waals surface area contributed by atoms with Crippen molar-refractivity contribution in [3.05, 3.63) is 46.7 Å². The number of fused-ring (bicyclic) bond motifs is 2. The van der Waals surface area contributed by atoms with Gasteiger partial charge in [0, 0.05) is 30.9 Å². The lowest BCUT2D eigenvalue weighted by molar-refractivity contribution is 0.191. The van der Waals surface area contributed by atoms with Gasteiger partial charge in [0.25, 0.3) is 0 Å². The van der Waals surface area contributed by atoms with Gasteiger partial charge in [-0.1, -0.05) is 0 Å². The summed E-state index contributed by atoms with van der Waals surface area (Å²) >= 11 is 1.58. The molecule has 0 spiro atoms. The van der Waals surface area contributed by atoms with E-state index in [0.29, 0.717) is 25.4 Å². The van der Waals surface area contributed by atoms with Gasteiger partial charge in [-0.25, -0.2) is 9.78 Å². The van der Waals surface area contributed by atoms with Crippen molar-refractivity contribution in [2.24, 2.45) is 0 Å². The molecule has 1 aliphatic heterocycles. The molecule has 3 aromatic rings. The van der Waals surface area contributed by atoms with Gasteiger partial charge < -0.3 is 19.7 Å². The van der Waals surface area contributed by atoms with Gasteiger partial charge in [0.1, 0.15) is 0 Å². The van der Waals surface area contributed by atoms with Crippen LogP contribution >= 0.6 is 11.3 Å². The summed E-state index contributed by atoms with van der Waals surface area (Å²) < 4.78 is 12.7. The Balaban J connectivity index is 1.42. The second-order valence-corrected chi connectivity index (χ2v) is 7.00.